The molecule has 3 rings (SSSR count). The Morgan fingerprint density at radius 3 is 2.62 bits per heavy atom. The number of fused-ring (bicyclic) bond motifs is 1. The minimum atomic E-state index is -0.613. The molecule has 6 heteroatoms. The van der Waals surface area contributed by atoms with Crippen molar-refractivity contribution in [1.82, 2.24) is 0 Å². The molecule has 29 heavy (non-hydrogen) atoms. The lowest BCUT2D eigenvalue weighted by molar-refractivity contribution is -0.127. The van der Waals surface area contributed by atoms with E-state index >= 15 is 0 Å². The summed E-state index contributed by atoms with van der Waals surface area (Å²) in [5.74, 6) is 1.10. The lowest BCUT2D eigenvalue weighted by atomic mass is 9.93. The normalized spacial score (nSPS) is 15.2. The molecule has 2 aromatic carbocycles. The third-order valence-electron chi connectivity index (χ3n) is 4.93. The summed E-state index contributed by atoms with van der Waals surface area (Å²) in [4.78, 5) is 26.7. The maximum absolute atomic E-state index is 12.6. The number of amides is 2. The van der Waals surface area contributed by atoms with Crippen LogP contribution in [0.5, 0.6) is 11.5 Å². The molecule has 0 bridgehead atoms. The Hall–Kier alpha value is -3.02. The van der Waals surface area contributed by atoms with Gasteiger partial charge in [-0.05, 0) is 56.7 Å². The van der Waals surface area contributed by atoms with E-state index in [0.717, 1.165) is 18.6 Å². The average Bonchev–Trinajstić information content (AvgIpc) is 2.79. The third-order valence-corrected chi connectivity index (χ3v) is 4.93. The number of rotatable bonds is 6. The zero-order chi connectivity index (χ0) is 21.0. The van der Waals surface area contributed by atoms with Crippen molar-refractivity contribution in [2.24, 2.45) is 5.41 Å². The fourth-order valence-corrected chi connectivity index (χ4v) is 3.11. The fraction of sp³-hybridized carbons (Fsp3) is 0.391. The zero-order valence-corrected chi connectivity index (χ0v) is 17.5. The summed E-state index contributed by atoms with van der Waals surface area (Å²) in [6, 6.07) is 12.4. The molecule has 0 aromatic heterocycles. The third kappa shape index (κ3) is 4.70. The van der Waals surface area contributed by atoms with Crippen molar-refractivity contribution in [1.29, 1.82) is 0 Å². The van der Waals surface area contributed by atoms with Crippen molar-refractivity contribution < 1.29 is 19.1 Å². The van der Waals surface area contributed by atoms with Gasteiger partial charge < -0.3 is 19.7 Å². The van der Waals surface area contributed by atoms with Gasteiger partial charge in [0.05, 0.1) is 17.7 Å². The quantitative estimate of drug-likeness (QED) is 0.730. The summed E-state index contributed by atoms with van der Waals surface area (Å²) in [7, 11) is 1.74. The monoisotopic (exact) mass is 396 g/mol. The van der Waals surface area contributed by atoms with Gasteiger partial charge in [0.1, 0.15) is 18.1 Å². The predicted octanol–water partition coefficient (Wildman–Crippen LogP) is 4.50. The van der Waals surface area contributed by atoms with Crippen molar-refractivity contribution in [3.63, 3.8) is 0 Å². The first-order chi connectivity index (χ1) is 13.8. The van der Waals surface area contributed by atoms with E-state index in [-0.39, 0.29) is 18.4 Å². The number of unbranched alkanes of at least 4 members (excludes halogenated alkanes) is 1. The van der Waals surface area contributed by atoms with E-state index in [0.29, 0.717) is 29.3 Å². The van der Waals surface area contributed by atoms with Crippen LogP contribution in [0.15, 0.2) is 42.5 Å². The summed E-state index contributed by atoms with van der Waals surface area (Å²) in [5, 5.41) is 2.88. The van der Waals surface area contributed by atoms with Crippen molar-refractivity contribution in [2.75, 3.05) is 30.5 Å². The average molecular weight is 396 g/mol. The van der Waals surface area contributed by atoms with Crippen LogP contribution in [0.3, 0.4) is 0 Å². The number of anilines is 2. The summed E-state index contributed by atoms with van der Waals surface area (Å²) in [6.45, 7) is 6.78. The van der Waals surface area contributed by atoms with Gasteiger partial charge in [-0.25, -0.2) is 0 Å². The Morgan fingerprint density at radius 1 is 1.21 bits per heavy atom. The molecule has 0 saturated heterocycles. The Labute approximate surface area is 171 Å². The van der Waals surface area contributed by atoms with Gasteiger partial charge in [0.15, 0.2) is 0 Å². The summed E-state index contributed by atoms with van der Waals surface area (Å²) < 4.78 is 11.5. The van der Waals surface area contributed by atoms with Crippen LogP contribution < -0.4 is 19.7 Å². The van der Waals surface area contributed by atoms with Gasteiger partial charge in [-0.15, -0.1) is 0 Å². The molecular formula is C23H28N2O4. The molecule has 2 aromatic rings. The van der Waals surface area contributed by atoms with Crippen LogP contribution in [0.2, 0.25) is 0 Å². The molecule has 2 amide bonds. The second-order valence-corrected chi connectivity index (χ2v) is 7.90. The molecule has 154 valence electrons. The van der Waals surface area contributed by atoms with E-state index < -0.39 is 5.41 Å². The molecule has 1 heterocycles. The molecule has 0 saturated carbocycles. The van der Waals surface area contributed by atoms with Crippen LogP contribution in [0.1, 0.15) is 44.0 Å². The molecule has 0 fully saturated rings. The first kappa shape index (κ1) is 20.7. The second kappa shape index (κ2) is 8.55. The standard InChI is InChI=1S/C23H28N2O4/c1-5-6-13-28-18-10-7-16(8-11-18)21(26)24-17-9-12-19-20(14-17)29-15-23(2,3)22(27)25(19)4/h7-12,14H,5-6,13,15H2,1-4H3,(H,24,26). The summed E-state index contributed by atoms with van der Waals surface area (Å²) >= 11 is 0. The molecule has 0 atom stereocenters. The minimum Gasteiger partial charge on any atom is -0.494 e. The van der Waals surface area contributed by atoms with Crippen LogP contribution in [0, 0.1) is 5.41 Å². The molecule has 1 aliphatic heterocycles. The van der Waals surface area contributed by atoms with Gasteiger partial charge in [0, 0.05) is 24.4 Å². The highest BCUT2D eigenvalue weighted by molar-refractivity contribution is 6.05. The molecule has 0 spiro atoms. The van der Waals surface area contributed by atoms with Gasteiger partial charge in [0.25, 0.3) is 5.91 Å². The maximum atomic E-state index is 12.6. The minimum absolute atomic E-state index is 0.00530. The van der Waals surface area contributed by atoms with Gasteiger partial charge in [0.2, 0.25) is 5.91 Å². The van der Waals surface area contributed by atoms with E-state index in [1.807, 2.05) is 13.8 Å². The molecule has 6 nitrogen and oxygen atoms in total. The highest BCUT2D eigenvalue weighted by atomic mass is 16.5. The Balaban J connectivity index is 1.71. The number of hydrogen-bond donors (Lipinski definition) is 1. The predicted molar refractivity (Wildman–Crippen MR) is 114 cm³/mol. The first-order valence-electron chi connectivity index (χ1n) is 9.91. The van der Waals surface area contributed by atoms with Gasteiger partial charge in [-0.2, -0.15) is 0 Å². The van der Waals surface area contributed by atoms with E-state index in [1.165, 1.54) is 0 Å². The van der Waals surface area contributed by atoms with Crippen molar-refractivity contribution >= 4 is 23.2 Å². The van der Waals surface area contributed by atoms with Crippen molar-refractivity contribution in [3.8, 4) is 11.5 Å². The van der Waals surface area contributed by atoms with Crippen molar-refractivity contribution in [3.05, 3.63) is 48.0 Å². The SMILES string of the molecule is CCCCOc1ccc(C(=O)Nc2ccc3c(c2)OCC(C)(C)C(=O)N3C)cc1. The summed E-state index contributed by atoms with van der Waals surface area (Å²) in [5.41, 5.74) is 1.22. The maximum Gasteiger partial charge on any atom is 0.255 e. The van der Waals surface area contributed by atoms with Gasteiger partial charge in [-0.1, -0.05) is 13.3 Å². The number of carbonyl (C=O) groups is 2. The van der Waals surface area contributed by atoms with Gasteiger partial charge >= 0.3 is 0 Å². The van der Waals surface area contributed by atoms with Gasteiger partial charge in [-0.3, -0.25) is 9.59 Å². The Bertz CT molecular complexity index is 890. The molecule has 0 unspecified atom stereocenters. The Kier molecular flexibility index (Phi) is 6.11. The van der Waals surface area contributed by atoms with Crippen LogP contribution in [-0.2, 0) is 4.79 Å². The van der Waals surface area contributed by atoms with Crippen LogP contribution in [0.25, 0.3) is 0 Å². The second-order valence-electron chi connectivity index (χ2n) is 7.90. The number of carbonyl (C=O) groups excluding carboxylic acids is 2. The molecular weight excluding hydrogens is 368 g/mol. The zero-order valence-electron chi connectivity index (χ0n) is 17.5. The molecule has 0 radical (unpaired) electrons. The molecule has 1 N–H and O–H groups in total. The number of benzene rings is 2. The van der Waals surface area contributed by atoms with Crippen LogP contribution in [0.4, 0.5) is 11.4 Å². The van der Waals surface area contributed by atoms with E-state index in [9.17, 15) is 9.59 Å². The van der Waals surface area contributed by atoms with E-state index in [2.05, 4.69) is 12.2 Å². The number of nitrogens with zero attached hydrogens (tertiary/aromatic N) is 1. The van der Waals surface area contributed by atoms with Crippen molar-refractivity contribution in [2.45, 2.75) is 33.6 Å². The smallest absolute Gasteiger partial charge is 0.255 e. The lowest BCUT2D eigenvalue weighted by Gasteiger charge is -2.24. The number of hydrogen-bond acceptors (Lipinski definition) is 4. The highest BCUT2D eigenvalue weighted by Crippen LogP contribution is 2.37. The highest BCUT2D eigenvalue weighted by Gasteiger charge is 2.36. The lowest BCUT2D eigenvalue weighted by Crippen LogP contribution is -2.39. The van der Waals surface area contributed by atoms with E-state index in [1.54, 1.807) is 54.4 Å². The largest absolute Gasteiger partial charge is 0.494 e. The van der Waals surface area contributed by atoms with E-state index in [4.69, 9.17) is 9.47 Å². The topological polar surface area (TPSA) is 67.9 Å². The van der Waals surface area contributed by atoms with Crippen LogP contribution in [-0.4, -0.2) is 32.1 Å². The molecule has 1 aliphatic rings. The Morgan fingerprint density at radius 2 is 1.93 bits per heavy atom. The first-order valence-corrected chi connectivity index (χ1v) is 9.91. The number of nitrogens with one attached hydrogen (secondary N) is 1. The fourth-order valence-electron chi connectivity index (χ4n) is 3.11. The molecule has 0 aliphatic carbocycles. The number of ether oxygens (including phenoxy) is 2. The van der Waals surface area contributed by atoms with Crippen LogP contribution >= 0.6 is 0 Å². The summed E-state index contributed by atoms with van der Waals surface area (Å²) in [6.07, 6.45) is 2.08.